The highest BCUT2D eigenvalue weighted by Crippen LogP contribution is 2.20. The number of benzene rings is 1. The third-order valence-electron chi connectivity index (χ3n) is 3.62. The second-order valence-electron chi connectivity index (χ2n) is 7.13. The van der Waals surface area contributed by atoms with E-state index in [0.717, 1.165) is 0 Å². The molecular formula is C19H27ClN2O6. The first-order valence-electron chi connectivity index (χ1n) is 8.92. The summed E-state index contributed by atoms with van der Waals surface area (Å²) in [7, 11) is 0. The second-order valence-corrected chi connectivity index (χ2v) is 7.54. The Balaban J connectivity index is 3.02. The fraction of sp³-hybridized carbons (Fsp3) is 0.526. The van der Waals surface area contributed by atoms with Crippen molar-refractivity contribution in [2.45, 2.75) is 58.3 Å². The van der Waals surface area contributed by atoms with Crippen LogP contribution in [0.2, 0.25) is 5.02 Å². The van der Waals surface area contributed by atoms with Crippen molar-refractivity contribution in [3.8, 4) is 0 Å². The number of aliphatic carboxylic acids is 1. The number of carboxylic acid groups (broad SMARTS) is 1. The third-order valence-corrected chi connectivity index (χ3v) is 3.99. The highest BCUT2D eigenvalue weighted by molar-refractivity contribution is 6.31. The highest BCUT2D eigenvalue weighted by Gasteiger charge is 2.38. The van der Waals surface area contributed by atoms with Crippen molar-refractivity contribution < 1.29 is 29.0 Å². The van der Waals surface area contributed by atoms with Crippen LogP contribution in [0.15, 0.2) is 24.3 Å². The average molecular weight is 415 g/mol. The average Bonchev–Trinajstić information content (AvgIpc) is 2.58. The van der Waals surface area contributed by atoms with Crippen molar-refractivity contribution in [1.29, 1.82) is 0 Å². The van der Waals surface area contributed by atoms with E-state index >= 15 is 0 Å². The number of rotatable bonds is 8. The summed E-state index contributed by atoms with van der Waals surface area (Å²) in [6.45, 7) is 5.00. The largest absolute Gasteiger partial charge is 0.480 e. The van der Waals surface area contributed by atoms with Crippen LogP contribution in [0.5, 0.6) is 0 Å². The maximum absolute atomic E-state index is 12.6. The zero-order chi connectivity index (χ0) is 21.3. The smallest absolute Gasteiger partial charge is 0.420 e. The molecule has 0 bridgehead atoms. The van der Waals surface area contributed by atoms with Crippen molar-refractivity contribution in [2.75, 3.05) is 6.54 Å². The quantitative estimate of drug-likeness (QED) is 0.621. The number of amides is 2. The molecule has 1 rings (SSSR count). The minimum Gasteiger partial charge on any atom is -0.480 e. The first-order chi connectivity index (χ1) is 13.1. The van der Waals surface area contributed by atoms with Crippen LogP contribution in [-0.2, 0) is 20.9 Å². The lowest BCUT2D eigenvalue weighted by atomic mass is 10.1. The van der Waals surface area contributed by atoms with Gasteiger partial charge in [-0.1, -0.05) is 29.8 Å². The lowest BCUT2D eigenvalue weighted by Crippen LogP contribution is -2.50. The number of imide groups is 1. The van der Waals surface area contributed by atoms with Crippen LogP contribution in [0, 0.1) is 0 Å². The molecule has 0 saturated carbocycles. The fourth-order valence-corrected chi connectivity index (χ4v) is 2.50. The molecule has 0 heterocycles. The Morgan fingerprint density at radius 1 is 1.18 bits per heavy atom. The topological polar surface area (TPSA) is 119 Å². The number of carbonyl (C=O) groups excluding carboxylic acids is 2. The maximum atomic E-state index is 12.6. The Bertz CT molecular complexity index is 689. The van der Waals surface area contributed by atoms with Crippen LogP contribution in [0.4, 0.5) is 9.59 Å². The Hall–Kier alpha value is -2.32. The predicted molar refractivity (Wildman–Crippen MR) is 104 cm³/mol. The molecule has 0 saturated heterocycles. The van der Waals surface area contributed by atoms with Crippen LogP contribution >= 0.6 is 11.6 Å². The Morgan fingerprint density at radius 3 is 2.36 bits per heavy atom. The third kappa shape index (κ3) is 7.74. The first-order valence-corrected chi connectivity index (χ1v) is 9.30. The van der Waals surface area contributed by atoms with E-state index in [-0.39, 0.29) is 13.0 Å². The molecule has 8 nitrogen and oxygen atoms in total. The summed E-state index contributed by atoms with van der Waals surface area (Å²) < 4.78 is 10.4. The lowest BCUT2D eigenvalue weighted by Gasteiger charge is -2.29. The van der Waals surface area contributed by atoms with Gasteiger partial charge in [0.25, 0.3) is 0 Å². The fourth-order valence-electron chi connectivity index (χ4n) is 2.31. The molecule has 0 aliphatic heterocycles. The van der Waals surface area contributed by atoms with Crippen molar-refractivity contribution >= 4 is 29.8 Å². The zero-order valence-electron chi connectivity index (χ0n) is 16.3. The van der Waals surface area contributed by atoms with Crippen LogP contribution in [-0.4, -0.2) is 46.3 Å². The Labute approximate surface area is 169 Å². The van der Waals surface area contributed by atoms with Gasteiger partial charge in [0.1, 0.15) is 18.2 Å². The molecule has 3 N–H and O–H groups in total. The van der Waals surface area contributed by atoms with Gasteiger partial charge in [0.2, 0.25) is 0 Å². The monoisotopic (exact) mass is 414 g/mol. The number of nitrogens with two attached hydrogens (primary N) is 1. The van der Waals surface area contributed by atoms with E-state index < -0.39 is 29.8 Å². The van der Waals surface area contributed by atoms with E-state index in [4.69, 9.17) is 26.8 Å². The maximum Gasteiger partial charge on any atom is 0.420 e. The molecule has 0 fully saturated rings. The van der Waals surface area contributed by atoms with Crippen LogP contribution in [0.1, 0.15) is 45.6 Å². The summed E-state index contributed by atoms with van der Waals surface area (Å²) >= 11 is 6.03. The SMILES string of the molecule is CC(C)(C)OC(=O)N(C(=O)OCc1ccccc1Cl)C(CCCCN)C(=O)O. The Kier molecular flexibility index (Phi) is 9.21. The summed E-state index contributed by atoms with van der Waals surface area (Å²) in [6.07, 6.45) is -1.19. The van der Waals surface area contributed by atoms with Gasteiger partial charge in [0.15, 0.2) is 0 Å². The van der Waals surface area contributed by atoms with Gasteiger partial charge in [0.05, 0.1) is 0 Å². The van der Waals surface area contributed by atoms with E-state index in [1.54, 1.807) is 45.0 Å². The number of carbonyl (C=O) groups is 3. The predicted octanol–water partition coefficient (Wildman–Crippen LogP) is 3.80. The van der Waals surface area contributed by atoms with E-state index in [0.29, 0.717) is 34.9 Å². The number of halogens is 1. The number of nitrogens with zero attached hydrogens (tertiary/aromatic N) is 1. The second kappa shape index (κ2) is 10.9. The van der Waals surface area contributed by atoms with Crippen LogP contribution in [0.25, 0.3) is 0 Å². The number of carboxylic acids is 1. The van der Waals surface area contributed by atoms with Gasteiger partial charge in [-0.25, -0.2) is 14.4 Å². The molecule has 156 valence electrons. The van der Waals surface area contributed by atoms with E-state index in [1.165, 1.54) is 0 Å². The molecule has 0 aliphatic rings. The van der Waals surface area contributed by atoms with Gasteiger partial charge in [-0.3, -0.25) is 0 Å². The highest BCUT2D eigenvalue weighted by atomic mass is 35.5. The molecular weight excluding hydrogens is 388 g/mol. The van der Waals surface area contributed by atoms with Gasteiger partial charge < -0.3 is 20.3 Å². The van der Waals surface area contributed by atoms with Gasteiger partial charge in [-0.2, -0.15) is 4.90 Å². The van der Waals surface area contributed by atoms with Gasteiger partial charge in [0, 0.05) is 10.6 Å². The van der Waals surface area contributed by atoms with Crippen molar-refractivity contribution in [2.24, 2.45) is 5.73 Å². The van der Waals surface area contributed by atoms with Gasteiger partial charge in [-0.05, 0) is 52.6 Å². The lowest BCUT2D eigenvalue weighted by molar-refractivity contribution is -0.143. The molecule has 0 aliphatic carbocycles. The zero-order valence-corrected chi connectivity index (χ0v) is 17.1. The van der Waals surface area contributed by atoms with Gasteiger partial charge in [-0.15, -0.1) is 0 Å². The molecule has 2 amide bonds. The summed E-state index contributed by atoms with van der Waals surface area (Å²) in [4.78, 5) is 37.4. The molecule has 28 heavy (non-hydrogen) atoms. The standard InChI is InChI=1S/C19H27ClN2O6/c1-19(2,3)28-18(26)22(15(16(23)24)10-6-7-11-21)17(25)27-12-13-8-4-5-9-14(13)20/h4-5,8-9,15H,6-7,10-12,21H2,1-3H3,(H,23,24). The number of unbranched alkanes of at least 4 members (excludes halogenated alkanes) is 1. The molecule has 0 spiro atoms. The number of hydrogen-bond acceptors (Lipinski definition) is 6. The van der Waals surface area contributed by atoms with E-state index in [1.807, 2.05) is 0 Å². The molecule has 1 aromatic carbocycles. The molecule has 9 heteroatoms. The van der Waals surface area contributed by atoms with E-state index in [9.17, 15) is 19.5 Å². The van der Waals surface area contributed by atoms with Crippen molar-refractivity contribution in [3.63, 3.8) is 0 Å². The van der Waals surface area contributed by atoms with Crippen molar-refractivity contribution in [3.05, 3.63) is 34.9 Å². The van der Waals surface area contributed by atoms with Crippen LogP contribution in [0.3, 0.4) is 0 Å². The minimum atomic E-state index is -1.43. The Morgan fingerprint density at radius 2 is 1.82 bits per heavy atom. The minimum absolute atomic E-state index is 0.0347. The van der Waals surface area contributed by atoms with Crippen molar-refractivity contribution in [1.82, 2.24) is 4.90 Å². The number of hydrogen-bond donors (Lipinski definition) is 2. The summed E-state index contributed by atoms with van der Waals surface area (Å²) in [5.41, 5.74) is 5.05. The molecule has 0 radical (unpaired) electrons. The summed E-state index contributed by atoms with van der Waals surface area (Å²) in [5, 5.41) is 9.94. The molecule has 0 aromatic heterocycles. The normalized spacial score (nSPS) is 12.2. The van der Waals surface area contributed by atoms with Crippen LogP contribution < -0.4 is 5.73 Å². The summed E-state index contributed by atoms with van der Waals surface area (Å²) in [5.74, 6) is -1.34. The molecule has 1 atom stereocenters. The van der Waals surface area contributed by atoms with E-state index in [2.05, 4.69) is 0 Å². The first kappa shape index (κ1) is 23.7. The number of ether oxygens (including phenoxy) is 2. The molecule has 1 unspecified atom stereocenters. The summed E-state index contributed by atoms with van der Waals surface area (Å²) in [6, 6.07) is 5.29. The molecule has 1 aromatic rings. The van der Waals surface area contributed by atoms with Gasteiger partial charge >= 0.3 is 18.2 Å².